The molecule has 2 aromatic carbocycles. The zero-order valence-corrected chi connectivity index (χ0v) is 13.8. The quantitative estimate of drug-likeness (QED) is 0.769. The number of sulfonamides is 1. The largest absolute Gasteiger partial charge is 0.325 e. The lowest BCUT2D eigenvalue weighted by Gasteiger charge is -2.13. The van der Waals surface area contributed by atoms with Gasteiger partial charge in [-0.15, -0.1) is 0 Å². The fraction of sp³-hybridized carbons (Fsp3) is 0.235. The number of hydrogen-bond acceptors (Lipinski definition) is 3. The first kappa shape index (κ1) is 15.7. The van der Waals surface area contributed by atoms with Crippen molar-refractivity contribution in [3.05, 3.63) is 53.6 Å². The van der Waals surface area contributed by atoms with Gasteiger partial charge in [0.05, 0.1) is 12.3 Å². The normalized spacial score (nSPS) is 14.0. The number of amides is 1. The molecule has 23 heavy (non-hydrogen) atoms. The van der Waals surface area contributed by atoms with Gasteiger partial charge in [0, 0.05) is 5.69 Å². The van der Waals surface area contributed by atoms with Crippen molar-refractivity contribution in [3.8, 4) is 11.1 Å². The molecule has 0 aliphatic heterocycles. The molecule has 1 aliphatic carbocycles. The van der Waals surface area contributed by atoms with Crippen molar-refractivity contribution in [2.24, 2.45) is 0 Å². The van der Waals surface area contributed by atoms with Crippen LogP contribution in [0, 0.1) is 0 Å². The van der Waals surface area contributed by atoms with Gasteiger partial charge in [0.2, 0.25) is 15.9 Å². The van der Waals surface area contributed by atoms with Gasteiger partial charge in [0.15, 0.2) is 0 Å². The molecule has 1 amide bonds. The van der Waals surface area contributed by atoms with E-state index in [0.29, 0.717) is 5.69 Å². The molecule has 0 heterocycles. The summed E-state index contributed by atoms with van der Waals surface area (Å²) in [5, 5.41) is 2.75. The Bertz CT molecular complexity index is 875. The van der Waals surface area contributed by atoms with Crippen LogP contribution in [-0.4, -0.2) is 26.6 Å². The molecule has 6 heteroatoms. The van der Waals surface area contributed by atoms with E-state index in [1.54, 1.807) is 0 Å². The van der Waals surface area contributed by atoms with Crippen molar-refractivity contribution in [2.75, 3.05) is 11.6 Å². The molecule has 0 bridgehead atoms. The van der Waals surface area contributed by atoms with Crippen molar-refractivity contribution in [1.29, 1.82) is 0 Å². The number of hydrogen-bond donors (Lipinski definition) is 2. The fourth-order valence-corrected chi connectivity index (χ4v) is 3.60. The molecular formula is C17H18N2O3S. The van der Waals surface area contributed by atoms with Crippen molar-refractivity contribution >= 4 is 21.6 Å². The second-order valence-corrected chi connectivity index (χ2v) is 7.59. The highest BCUT2D eigenvalue weighted by molar-refractivity contribution is 7.88. The Morgan fingerprint density at radius 3 is 2.52 bits per heavy atom. The van der Waals surface area contributed by atoms with E-state index < -0.39 is 16.1 Å². The topological polar surface area (TPSA) is 75.3 Å². The van der Waals surface area contributed by atoms with E-state index in [0.717, 1.165) is 18.2 Å². The van der Waals surface area contributed by atoms with Crippen molar-refractivity contribution < 1.29 is 13.2 Å². The molecule has 0 fully saturated rings. The second kappa shape index (κ2) is 5.79. The summed E-state index contributed by atoms with van der Waals surface area (Å²) in [4.78, 5) is 12.1. The minimum Gasteiger partial charge on any atom is -0.325 e. The maximum Gasteiger partial charge on any atom is 0.242 e. The van der Waals surface area contributed by atoms with Crippen molar-refractivity contribution in [3.63, 3.8) is 0 Å². The molecular weight excluding hydrogens is 312 g/mol. The first-order chi connectivity index (χ1) is 10.8. The number of nitrogens with one attached hydrogen (secondary N) is 2. The number of fused-ring (bicyclic) bond motifs is 3. The third kappa shape index (κ3) is 3.43. The molecule has 0 unspecified atom stereocenters. The monoisotopic (exact) mass is 330 g/mol. The maximum absolute atomic E-state index is 12.1. The van der Waals surface area contributed by atoms with E-state index in [1.807, 2.05) is 30.3 Å². The fourth-order valence-electron chi connectivity index (χ4n) is 2.85. The summed E-state index contributed by atoms with van der Waals surface area (Å²) in [6, 6.07) is 13.2. The summed E-state index contributed by atoms with van der Waals surface area (Å²) < 4.78 is 24.6. The summed E-state index contributed by atoms with van der Waals surface area (Å²) in [5.41, 5.74) is 5.52. The zero-order chi connectivity index (χ0) is 16.6. The molecule has 2 aromatic rings. The van der Waals surface area contributed by atoms with Crippen LogP contribution in [0.2, 0.25) is 0 Å². The molecule has 1 aliphatic rings. The third-order valence-corrected chi connectivity index (χ3v) is 4.63. The van der Waals surface area contributed by atoms with Crippen LogP contribution in [0.5, 0.6) is 0 Å². The van der Waals surface area contributed by atoms with Crippen LogP contribution in [-0.2, 0) is 21.2 Å². The van der Waals surface area contributed by atoms with Gasteiger partial charge < -0.3 is 5.32 Å². The van der Waals surface area contributed by atoms with E-state index in [4.69, 9.17) is 0 Å². The number of carbonyl (C=O) groups excluding carboxylic acids is 1. The van der Waals surface area contributed by atoms with Crippen LogP contribution in [0.3, 0.4) is 0 Å². The Kier molecular flexibility index (Phi) is 3.95. The minimum absolute atomic E-state index is 0.383. The summed E-state index contributed by atoms with van der Waals surface area (Å²) >= 11 is 0. The van der Waals surface area contributed by atoms with Gasteiger partial charge in [0.1, 0.15) is 0 Å². The number of benzene rings is 2. The van der Waals surface area contributed by atoms with E-state index in [9.17, 15) is 13.2 Å². The molecule has 0 radical (unpaired) electrons. The molecule has 0 saturated carbocycles. The number of anilines is 1. The Labute approximate surface area is 135 Å². The second-order valence-electron chi connectivity index (χ2n) is 5.81. The van der Waals surface area contributed by atoms with Gasteiger partial charge in [-0.25, -0.2) is 13.1 Å². The standard InChI is InChI=1S/C17H18N2O3S/c1-11(19-23(2,21)22)17(20)18-14-7-8-16-13(10-14)9-12-5-3-4-6-15(12)16/h3-8,10-11,19H,9H2,1-2H3,(H,18,20)/t11-/m0/s1. The summed E-state index contributed by atoms with van der Waals surface area (Å²) in [7, 11) is -3.42. The lowest BCUT2D eigenvalue weighted by Crippen LogP contribution is -2.41. The predicted octanol–water partition coefficient (Wildman–Crippen LogP) is 2.13. The molecule has 0 spiro atoms. The van der Waals surface area contributed by atoms with Crippen molar-refractivity contribution in [1.82, 2.24) is 4.72 Å². The van der Waals surface area contributed by atoms with Gasteiger partial charge >= 0.3 is 0 Å². The molecule has 2 N–H and O–H groups in total. The average molecular weight is 330 g/mol. The van der Waals surface area contributed by atoms with Crippen LogP contribution in [0.1, 0.15) is 18.1 Å². The minimum atomic E-state index is -3.42. The lowest BCUT2D eigenvalue weighted by atomic mass is 10.1. The molecule has 0 aromatic heterocycles. The smallest absolute Gasteiger partial charge is 0.242 e. The number of carbonyl (C=O) groups is 1. The predicted molar refractivity (Wildman–Crippen MR) is 90.8 cm³/mol. The van der Waals surface area contributed by atoms with Crippen LogP contribution in [0.15, 0.2) is 42.5 Å². The average Bonchev–Trinajstić information content (AvgIpc) is 2.83. The first-order valence-corrected chi connectivity index (χ1v) is 9.22. The number of rotatable bonds is 4. The third-order valence-electron chi connectivity index (χ3n) is 3.85. The van der Waals surface area contributed by atoms with E-state index in [2.05, 4.69) is 22.2 Å². The van der Waals surface area contributed by atoms with Crippen LogP contribution in [0.4, 0.5) is 5.69 Å². The highest BCUT2D eigenvalue weighted by Crippen LogP contribution is 2.37. The summed E-state index contributed by atoms with van der Waals surface area (Å²) in [5.74, 6) is -0.383. The first-order valence-electron chi connectivity index (χ1n) is 7.33. The lowest BCUT2D eigenvalue weighted by molar-refractivity contribution is -0.117. The Balaban J connectivity index is 1.77. The van der Waals surface area contributed by atoms with E-state index in [1.165, 1.54) is 23.6 Å². The van der Waals surface area contributed by atoms with Crippen LogP contribution in [0.25, 0.3) is 11.1 Å². The summed E-state index contributed by atoms with van der Waals surface area (Å²) in [6.07, 6.45) is 1.87. The SMILES string of the molecule is C[C@H](NS(C)(=O)=O)C(=O)Nc1ccc2c(c1)Cc1ccccc1-2. The van der Waals surface area contributed by atoms with Gasteiger partial charge in [-0.3, -0.25) is 4.79 Å². The molecule has 5 nitrogen and oxygen atoms in total. The maximum atomic E-state index is 12.1. The van der Waals surface area contributed by atoms with Gasteiger partial charge in [-0.1, -0.05) is 30.3 Å². The zero-order valence-electron chi connectivity index (χ0n) is 13.0. The van der Waals surface area contributed by atoms with Gasteiger partial charge in [-0.2, -0.15) is 0 Å². The molecule has 1 atom stereocenters. The van der Waals surface area contributed by atoms with Crippen molar-refractivity contribution in [2.45, 2.75) is 19.4 Å². The van der Waals surface area contributed by atoms with E-state index in [-0.39, 0.29) is 5.91 Å². The summed E-state index contributed by atoms with van der Waals surface area (Å²) in [6.45, 7) is 1.51. The highest BCUT2D eigenvalue weighted by Gasteiger charge is 2.20. The molecule has 120 valence electrons. The highest BCUT2D eigenvalue weighted by atomic mass is 32.2. The van der Waals surface area contributed by atoms with Crippen LogP contribution >= 0.6 is 0 Å². The van der Waals surface area contributed by atoms with Crippen LogP contribution < -0.4 is 10.0 Å². The Hall–Kier alpha value is -2.18. The molecule has 0 saturated heterocycles. The van der Waals surface area contributed by atoms with Gasteiger partial charge in [-0.05, 0) is 47.7 Å². The van der Waals surface area contributed by atoms with Gasteiger partial charge in [0.25, 0.3) is 0 Å². The Morgan fingerprint density at radius 1 is 1.09 bits per heavy atom. The Morgan fingerprint density at radius 2 is 1.78 bits per heavy atom. The molecule has 3 rings (SSSR count). The van der Waals surface area contributed by atoms with E-state index >= 15 is 0 Å².